The number of piperidine rings is 1. The fourth-order valence-electron chi connectivity index (χ4n) is 2.84. The third-order valence-corrected chi connectivity index (χ3v) is 4.15. The van der Waals surface area contributed by atoms with Gasteiger partial charge in [-0.25, -0.2) is 0 Å². The lowest BCUT2D eigenvalue weighted by molar-refractivity contribution is 0.675. The fraction of sp³-hybridized carbons (Fsp3) is 0.538. The molecule has 2 atom stereocenters. The highest BCUT2D eigenvalue weighted by Crippen LogP contribution is 2.56. The lowest BCUT2D eigenvalue weighted by Gasteiger charge is -2.13. The number of hydrogen-bond donors (Lipinski definition) is 1. The molecule has 2 unspecified atom stereocenters. The van der Waals surface area contributed by atoms with Crippen LogP contribution in [-0.4, -0.2) is 13.1 Å². The van der Waals surface area contributed by atoms with Crippen molar-refractivity contribution in [3.05, 3.63) is 34.9 Å². The number of benzene rings is 1. The molecule has 1 aromatic rings. The first-order chi connectivity index (χ1) is 6.72. The Balaban J connectivity index is 2.01. The maximum Gasteiger partial charge on any atom is 0.0122 e. The van der Waals surface area contributed by atoms with Gasteiger partial charge in [0.25, 0.3) is 0 Å². The molecule has 1 heteroatoms. The van der Waals surface area contributed by atoms with E-state index in [2.05, 4.69) is 37.4 Å². The summed E-state index contributed by atoms with van der Waals surface area (Å²) < 4.78 is 0. The highest BCUT2D eigenvalue weighted by molar-refractivity contribution is 5.41. The molecule has 0 bridgehead atoms. The quantitative estimate of drug-likeness (QED) is 0.710. The van der Waals surface area contributed by atoms with E-state index < -0.39 is 0 Å². The zero-order valence-electron chi connectivity index (χ0n) is 8.93. The van der Waals surface area contributed by atoms with Crippen molar-refractivity contribution < 1.29 is 0 Å². The molecule has 3 rings (SSSR count). The molecule has 0 amide bonds. The summed E-state index contributed by atoms with van der Waals surface area (Å²) in [7, 11) is 0. The van der Waals surface area contributed by atoms with Crippen molar-refractivity contribution >= 4 is 0 Å². The van der Waals surface area contributed by atoms with Crippen molar-refractivity contribution in [2.45, 2.75) is 25.7 Å². The van der Waals surface area contributed by atoms with Gasteiger partial charge in [0, 0.05) is 12.0 Å². The van der Waals surface area contributed by atoms with E-state index in [1.807, 2.05) is 0 Å². The zero-order chi connectivity index (χ0) is 9.76. The van der Waals surface area contributed by atoms with Crippen molar-refractivity contribution in [3.8, 4) is 0 Å². The molecule has 1 aliphatic carbocycles. The van der Waals surface area contributed by atoms with Gasteiger partial charge in [0.15, 0.2) is 0 Å². The van der Waals surface area contributed by atoms with E-state index in [4.69, 9.17) is 0 Å². The third-order valence-electron chi connectivity index (χ3n) is 4.15. The van der Waals surface area contributed by atoms with Crippen LogP contribution in [-0.2, 0) is 5.41 Å². The van der Waals surface area contributed by atoms with E-state index in [0.29, 0.717) is 5.41 Å². The molecule has 2 aliphatic rings. The van der Waals surface area contributed by atoms with Crippen LogP contribution >= 0.6 is 0 Å². The van der Waals surface area contributed by atoms with E-state index >= 15 is 0 Å². The van der Waals surface area contributed by atoms with Crippen molar-refractivity contribution in [1.29, 1.82) is 0 Å². The molecule has 0 aromatic heterocycles. The molecule has 14 heavy (non-hydrogen) atoms. The lowest BCUT2D eigenvalue weighted by atomic mass is 9.92. The van der Waals surface area contributed by atoms with Gasteiger partial charge >= 0.3 is 0 Å². The molecule has 0 radical (unpaired) electrons. The molecule has 1 heterocycles. The fourth-order valence-corrected chi connectivity index (χ4v) is 2.84. The monoisotopic (exact) mass is 187 g/mol. The Labute approximate surface area is 85.5 Å². The Kier molecular flexibility index (Phi) is 1.58. The second-order valence-corrected chi connectivity index (χ2v) is 4.99. The summed E-state index contributed by atoms with van der Waals surface area (Å²) in [6.07, 6.45) is 1.41. The average Bonchev–Trinajstić information content (AvgIpc) is 2.75. The van der Waals surface area contributed by atoms with Crippen LogP contribution in [0.3, 0.4) is 0 Å². The van der Waals surface area contributed by atoms with Gasteiger partial charge < -0.3 is 5.32 Å². The maximum absolute atomic E-state index is 3.50. The van der Waals surface area contributed by atoms with E-state index in [9.17, 15) is 0 Å². The smallest absolute Gasteiger partial charge is 0.0122 e. The largest absolute Gasteiger partial charge is 0.316 e. The van der Waals surface area contributed by atoms with Crippen LogP contribution < -0.4 is 5.32 Å². The van der Waals surface area contributed by atoms with Crippen LogP contribution in [0.4, 0.5) is 0 Å². The number of nitrogens with one attached hydrogen (secondary N) is 1. The van der Waals surface area contributed by atoms with Crippen LogP contribution in [0, 0.1) is 19.8 Å². The first-order valence-corrected chi connectivity index (χ1v) is 5.51. The van der Waals surface area contributed by atoms with Crippen LogP contribution in [0.2, 0.25) is 0 Å². The molecule has 74 valence electrons. The Bertz CT molecular complexity index is 383. The van der Waals surface area contributed by atoms with Gasteiger partial charge in [0.2, 0.25) is 0 Å². The predicted octanol–water partition coefficient (Wildman–Crippen LogP) is 2.16. The minimum absolute atomic E-state index is 0.526. The summed E-state index contributed by atoms with van der Waals surface area (Å²) in [5.74, 6) is 0.921. The molecule has 0 spiro atoms. The predicted molar refractivity (Wildman–Crippen MR) is 58.6 cm³/mol. The summed E-state index contributed by atoms with van der Waals surface area (Å²) in [4.78, 5) is 0. The minimum atomic E-state index is 0.526. The molecule has 1 saturated carbocycles. The van der Waals surface area contributed by atoms with Gasteiger partial charge in [-0.15, -0.1) is 0 Å². The van der Waals surface area contributed by atoms with E-state index in [1.165, 1.54) is 30.6 Å². The van der Waals surface area contributed by atoms with Gasteiger partial charge in [-0.2, -0.15) is 0 Å². The number of hydrogen-bond acceptors (Lipinski definition) is 1. The average molecular weight is 187 g/mol. The Hall–Kier alpha value is -0.820. The van der Waals surface area contributed by atoms with Crippen molar-refractivity contribution in [2.75, 3.05) is 13.1 Å². The van der Waals surface area contributed by atoms with Gasteiger partial charge in [-0.05, 0) is 49.4 Å². The molecule has 1 saturated heterocycles. The SMILES string of the molecule is Cc1ccc(C23CNCC2C3)cc1C. The van der Waals surface area contributed by atoms with Gasteiger partial charge in [0.05, 0.1) is 0 Å². The summed E-state index contributed by atoms with van der Waals surface area (Å²) in [5.41, 5.74) is 4.94. The number of aryl methyl sites for hydroxylation is 2. The number of fused-ring (bicyclic) bond motifs is 1. The highest BCUT2D eigenvalue weighted by atomic mass is 15.0. The summed E-state index contributed by atoms with van der Waals surface area (Å²) in [6.45, 7) is 6.83. The minimum Gasteiger partial charge on any atom is -0.316 e. The molecule has 1 aromatic carbocycles. The van der Waals surface area contributed by atoms with Crippen molar-refractivity contribution in [1.82, 2.24) is 5.32 Å². The van der Waals surface area contributed by atoms with Gasteiger partial charge in [-0.3, -0.25) is 0 Å². The van der Waals surface area contributed by atoms with Gasteiger partial charge in [-0.1, -0.05) is 18.2 Å². The maximum atomic E-state index is 3.50. The highest BCUT2D eigenvalue weighted by Gasteiger charge is 2.57. The third kappa shape index (κ3) is 0.992. The number of rotatable bonds is 1. The van der Waals surface area contributed by atoms with E-state index in [0.717, 1.165) is 5.92 Å². The normalized spacial score (nSPS) is 34.3. The Morgan fingerprint density at radius 3 is 2.71 bits per heavy atom. The second-order valence-electron chi connectivity index (χ2n) is 4.99. The lowest BCUT2D eigenvalue weighted by Crippen LogP contribution is -2.19. The van der Waals surface area contributed by atoms with Crippen LogP contribution in [0.15, 0.2) is 18.2 Å². The summed E-state index contributed by atoms with van der Waals surface area (Å²) >= 11 is 0. The Morgan fingerprint density at radius 1 is 1.29 bits per heavy atom. The molecular formula is C13H17N. The molecule has 1 aliphatic heterocycles. The van der Waals surface area contributed by atoms with E-state index in [-0.39, 0.29) is 0 Å². The van der Waals surface area contributed by atoms with Crippen molar-refractivity contribution in [3.63, 3.8) is 0 Å². The Morgan fingerprint density at radius 2 is 2.14 bits per heavy atom. The molecule has 2 fully saturated rings. The van der Waals surface area contributed by atoms with Gasteiger partial charge in [0.1, 0.15) is 0 Å². The molecule has 1 N–H and O–H groups in total. The molecular weight excluding hydrogens is 170 g/mol. The molecule has 1 nitrogen and oxygen atoms in total. The summed E-state index contributed by atoms with van der Waals surface area (Å²) in [5, 5.41) is 3.50. The first-order valence-electron chi connectivity index (χ1n) is 5.51. The van der Waals surface area contributed by atoms with Crippen LogP contribution in [0.25, 0.3) is 0 Å². The standard InChI is InChI=1S/C13H17N/c1-9-3-4-11(5-10(9)2)13-6-12(13)7-14-8-13/h3-5,12,14H,6-8H2,1-2H3. The first kappa shape index (κ1) is 8.49. The zero-order valence-corrected chi connectivity index (χ0v) is 8.93. The van der Waals surface area contributed by atoms with E-state index in [1.54, 1.807) is 5.56 Å². The van der Waals surface area contributed by atoms with Crippen LogP contribution in [0.1, 0.15) is 23.1 Å². The summed E-state index contributed by atoms with van der Waals surface area (Å²) in [6, 6.07) is 6.99. The topological polar surface area (TPSA) is 12.0 Å². The van der Waals surface area contributed by atoms with Crippen LogP contribution in [0.5, 0.6) is 0 Å². The second kappa shape index (κ2) is 2.60. The van der Waals surface area contributed by atoms with Crippen molar-refractivity contribution in [2.24, 2.45) is 5.92 Å².